The molecule has 0 bridgehead atoms. The van der Waals surface area contributed by atoms with Crippen molar-refractivity contribution in [3.8, 4) is 5.69 Å². The summed E-state index contributed by atoms with van der Waals surface area (Å²) in [6.07, 6.45) is 5.62. The summed E-state index contributed by atoms with van der Waals surface area (Å²) in [7, 11) is 4.20. The maximum Gasteiger partial charge on any atom is 0.0992 e. The zero-order valence-electron chi connectivity index (χ0n) is 10.2. The van der Waals surface area contributed by atoms with E-state index in [1.807, 2.05) is 24.3 Å². The highest BCUT2D eigenvalue weighted by atomic mass is 32.2. The van der Waals surface area contributed by atoms with Gasteiger partial charge in [0.1, 0.15) is 0 Å². The first-order valence-electron chi connectivity index (χ1n) is 5.62. The van der Waals surface area contributed by atoms with Gasteiger partial charge in [-0.3, -0.25) is 0 Å². The molecule has 0 radical (unpaired) electrons. The summed E-state index contributed by atoms with van der Waals surface area (Å²) >= 11 is 1.88. The molecule has 0 atom stereocenters. The van der Waals surface area contributed by atoms with Crippen LogP contribution in [-0.2, 0) is 0 Å². The fraction of sp³-hybridized carbons (Fsp3) is 0.308. The predicted octanol–water partition coefficient (Wildman–Crippen LogP) is 2.53. The molecule has 1 heterocycles. The van der Waals surface area contributed by atoms with Gasteiger partial charge >= 0.3 is 0 Å². The smallest absolute Gasteiger partial charge is 0.0992 e. The Labute approximate surface area is 106 Å². The third-order valence-corrected chi connectivity index (χ3v) is 3.49. The van der Waals surface area contributed by atoms with E-state index in [2.05, 4.69) is 52.8 Å². The van der Waals surface area contributed by atoms with E-state index in [0.717, 1.165) is 12.3 Å². The number of thioether (sulfide) groups is 1. The van der Waals surface area contributed by atoms with E-state index < -0.39 is 0 Å². The minimum atomic E-state index is 1.09. The van der Waals surface area contributed by atoms with Crippen LogP contribution in [-0.4, -0.2) is 40.8 Å². The Morgan fingerprint density at radius 3 is 2.82 bits per heavy atom. The quantitative estimate of drug-likeness (QED) is 0.758. The Morgan fingerprint density at radius 2 is 2.12 bits per heavy atom. The average Bonchev–Trinajstić information content (AvgIpc) is 2.82. The second-order valence-electron chi connectivity index (χ2n) is 4.09. The molecule has 3 nitrogen and oxygen atoms in total. The molecule has 0 N–H and O–H groups in total. The highest BCUT2D eigenvalue weighted by Crippen LogP contribution is 2.25. The number of rotatable bonds is 5. The summed E-state index contributed by atoms with van der Waals surface area (Å²) < 4.78 is 2.05. The summed E-state index contributed by atoms with van der Waals surface area (Å²) in [5.41, 5.74) is 1.20. The highest BCUT2D eigenvalue weighted by Gasteiger charge is 2.03. The number of para-hydroxylation sites is 1. The van der Waals surface area contributed by atoms with Crippen molar-refractivity contribution in [1.29, 1.82) is 0 Å². The van der Waals surface area contributed by atoms with Gasteiger partial charge in [0.2, 0.25) is 0 Å². The van der Waals surface area contributed by atoms with Crippen molar-refractivity contribution in [1.82, 2.24) is 14.5 Å². The molecule has 2 rings (SSSR count). The van der Waals surface area contributed by atoms with Crippen LogP contribution in [0.3, 0.4) is 0 Å². The molecule has 1 aromatic carbocycles. The second-order valence-corrected chi connectivity index (χ2v) is 5.23. The SMILES string of the molecule is CN(C)CCSc1ccccc1-n1ccnc1. The normalized spacial score (nSPS) is 11.0. The number of imidazole rings is 1. The summed E-state index contributed by atoms with van der Waals surface area (Å²) in [6, 6.07) is 8.43. The van der Waals surface area contributed by atoms with Gasteiger partial charge in [-0.05, 0) is 26.2 Å². The molecule has 0 unspecified atom stereocenters. The first kappa shape index (κ1) is 12.2. The van der Waals surface area contributed by atoms with Crippen LogP contribution >= 0.6 is 11.8 Å². The number of benzene rings is 1. The molecule has 1 aromatic heterocycles. The van der Waals surface area contributed by atoms with Gasteiger partial charge in [0.15, 0.2) is 0 Å². The largest absolute Gasteiger partial charge is 0.309 e. The Morgan fingerprint density at radius 1 is 1.29 bits per heavy atom. The van der Waals surface area contributed by atoms with Gasteiger partial charge in [0, 0.05) is 29.6 Å². The molecular formula is C13H17N3S. The molecule has 0 aliphatic rings. The number of hydrogen-bond donors (Lipinski definition) is 0. The molecule has 2 aromatic rings. The Balaban J connectivity index is 2.11. The van der Waals surface area contributed by atoms with Gasteiger partial charge in [0.05, 0.1) is 12.0 Å². The Kier molecular flexibility index (Phi) is 4.23. The molecular weight excluding hydrogens is 230 g/mol. The van der Waals surface area contributed by atoms with E-state index in [1.165, 1.54) is 10.6 Å². The van der Waals surface area contributed by atoms with Gasteiger partial charge in [-0.1, -0.05) is 12.1 Å². The molecule has 0 spiro atoms. The van der Waals surface area contributed by atoms with Crippen LogP contribution in [0.4, 0.5) is 0 Å². The monoisotopic (exact) mass is 247 g/mol. The van der Waals surface area contributed by atoms with Crippen LogP contribution in [0.25, 0.3) is 5.69 Å². The molecule has 0 aliphatic carbocycles. The first-order chi connectivity index (χ1) is 8.27. The number of hydrogen-bond acceptors (Lipinski definition) is 3. The third kappa shape index (κ3) is 3.35. The summed E-state index contributed by atoms with van der Waals surface area (Å²) in [6.45, 7) is 1.09. The lowest BCUT2D eigenvalue weighted by Gasteiger charge is -2.12. The fourth-order valence-electron chi connectivity index (χ4n) is 1.53. The van der Waals surface area contributed by atoms with Crippen molar-refractivity contribution in [2.75, 3.05) is 26.4 Å². The molecule has 0 amide bonds. The zero-order valence-corrected chi connectivity index (χ0v) is 11.0. The first-order valence-corrected chi connectivity index (χ1v) is 6.61. The predicted molar refractivity (Wildman–Crippen MR) is 72.8 cm³/mol. The fourth-order valence-corrected chi connectivity index (χ4v) is 2.70. The molecule has 4 heteroatoms. The molecule has 0 saturated heterocycles. The molecule has 17 heavy (non-hydrogen) atoms. The van der Waals surface area contributed by atoms with Gasteiger partial charge in [-0.2, -0.15) is 0 Å². The van der Waals surface area contributed by atoms with Gasteiger partial charge in [-0.25, -0.2) is 4.98 Å². The summed E-state index contributed by atoms with van der Waals surface area (Å²) in [5, 5.41) is 0. The van der Waals surface area contributed by atoms with E-state index in [9.17, 15) is 0 Å². The third-order valence-electron chi connectivity index (χ3n) is 2.44. The summed E-state index contributed by atoms with van der Waals surface area (Å²) in [5.74, 6) is 1.10. The standard InChI is InChI=1S/C13H17N3S/c1-15(2)9-10-17-13-6-4-3-5-12(13)16-8-7-14-11-16/h3-8,11H,9-10H2,1-2H3. The van der Waals surface area contributed by atoms with Crippen LogP contribution in [0.15, 0.2) is 47.9 Å². The van der Waals surface area contributed by atoms with Crippen molar-refractivity contribution in [3.05, 3.63) is 43.0 Å². The minimum absolute atomic E-state index is 1.09. The lowest BCUT2D eigenvalue weighted by atomic mass is 10.3. The minimum Gasteiger partial charge on any atom is -0.309 e. The van der Waals surface area contributed by atoms with E-state index in [-0.39, 0.29) is 0 Å². The van der Waals surface area contributed by atoms with Gasteiger partial charge < -0.3 is 9.47 Å². The van der Waals surface area contributed by atoms with Crippen molar-refractivity contribution >= 4 is 11.8 Å². The maximum atomic E-state index is 4.09. The van der Waals surface area contributed by atoms with Crippen molar-refractivity contribution < 1.29 is 0 Å². The molecule has 0 saturated carbocycles. The van der Waals surface area contributed by atoms with Crippen LogP contribution < -0.4 is 0 Å². The van der Waals surface area contributed by atoms with Crippen LogP contribution in [0.5, 0.6) is 0 Å². The number of aromatic nitrogens is 2. The van der Waals surface area contributed by atoms with Crippen molar-refractivity contribution in [2.24, 2.45) is 0 Å². The van der Waals surface area contributed by atoms with Crippen molar-refractivity contribution in [2.45, 2.75) is 4.90 Å². The number of nitrogens with zero attached hydrogens (tertiary/aromatic N) is 3. The maximum absolute atomic E-state index is 4.09. The Bertz CT molecular complexity index is 451. The van der Waals surface area contributed by atoms with E-state index in [4.69, 9.17) is 0 Å². The van der Waals surface area contributed by atoms with E-state index >= 15 is 0 Å². The highest BCUT2D eigenvalue weighted by molar-refractivity contribution is 7.99. The lowest BCUT2D eigenvalue weighted by Crippen LogP contribution is -2.14. The van der Waals surface area contributed by atoms with Crippen molar-refractivity contribution in [3.63, 3.8) is 0 Å². The topological polar surface area (TPSA) is 21.1 Å². The van der Waals surface area contributed by atoms with Gasteiger partial charge in [-0.15, -0.1) is 11.8 Å². The van der Waals surface area contributed by atoms with Crippen LogP contribution in [0, 0.1) is 0 Å². The van der Waals surface area contributed by atoms with E-state index in [1.54, 1.807) is 6.20 Å². The summed E-state index contributed by atoms with van der Waals surface area (Å²) in [4.78, 5) is 7.59. The molecule has 0 fully saturated rings. The average molecular weight is 247 g/mol. The lowest BCUT2D eigenvalue weighted by molar-refractivity contribution is 0.437. The van der Waals surface area contributed by atoms with Gasteiger partial charge in [0.25, 0.3) is 0 Å². The molecule has 90 valence electrons. The molecule has 0 aliphatic heterocycles. The van der Waals surface area contributed by atoms with Crippen LogP contribution in [0.1, 0.15) is 0 Å². The zero-order chi connectivity index (χ0) is 12.1. The van der Waals surface area contributed by atoms with Crippen LogP contribution in [0.2, 0.25) is 0 Å². The van der Waals surface area contributed by atoms with E-state index in [0.29, 0.717) is 0 Å². The Hall–Kier alpha value is -1.26. The second kappa shape index (κ2) is 5.89.